The number of nitrogens with zero attached hydrogens (tertiary/aromatic N) is 6. The van der Waals surface area contributed by atoms with E-state index in [0.29, 0.717) is 12.5 Å². The predicted octanol–water partition coefficient (Wildman–Crippen LogP) is 2.26. The molecule has 5 rings (SSSR count). The van der Waals surface area contributed by atoms with Gasteiger partial charge in [-0.3, -0.25) is 0 Å². The molecule has 2 amide bonds. The maximum Gasteiger partial charge on any atom is 0.317 e. The van der Waals surface area contributed by atoms with E-state index in [1.165, 1.54) is 0 Å². The number of carbonyl (C=O) groups is 1. The number of piperidine rings is 1. The van der Waals surface area contributed by atoms with Crippen LogP contribution in [0.2, 0.25) is 0 Å². The van der Waals surface area contributed by atoms with Crippen LogP contribution in [0.1, 0.15) is 42.5 Å². The third kappa shape index (κ3) is 3.19. The van der Waals surface area contributed by atoms with Gasteiger partial charge in [0.15, 0.2) is 11.5 Å². The molecule has 0 radical (unpaired) electrons. The molecular formula is C20H23N7O. The minimum absolute atomic E-state index is 0.0260. The van der Waals surface area contributed by atoms with Crippen LogP contribution >= 0.6 is 0 Å². The Balaban J connectivity index is 1.17. The Bertz CT molecular complexity index is 1010. The van der Waals surface area contributed by atoms with E-state index in [0.717, 1.165) is 73.7 Å². The van der Waals surface area contributed by atoms with Crippen molar-refractivity contribution in [3.05, 3.63) is 47.8 Å². The minimum atomic E-state index is -0.0260. The van der Waals surface area contributed by atoms with Gasteiger partial charge in [-0.05, 0) is 43.5 Å². The molecule has 3 aromatic heterocycles. The zero-order valence-electron chi connectivity index (χ0n) is 15.7. The number of hydrogen-bond acceptors (Lipinski definition) is 5. The van der Waals surface area contributed by atoms with Gasteiger partial charge >= 0.3 is 6.03 Å². The SMILES string of the molecule is O=C(NCc1nnc2n1CCC2)N1CCC(c2ccc3cccnc3n2)CC1. The normalized spacial score (nSPS) is 17.1. The van der Waals surface area contributed by atoms with E-state index in [1.807, 2.05) is 17.0 Å². The van der Waals surface area contributed by atoms with E-state index in [-0.39, 0.29) is 6.03 Å². The summed E-state index contributed by atoms with van der Waals surface area (Å²) in [5, 5.41) is 12.4. The Morgan fingerprint density at radius 1 is 1.14 bits per heavy atom. The molecule has 0 aliphatic carbocycles. The van der Waals surface area contributed by atoms with Gasteiger partial charge in [-0.2, -0.15) is 0 Å². The molecule has 2 aliphatic heterocycles. The number of aromatic nitrogens is 5. The molecule has 8 heteroatoms. The van der Waals surface area contributed by atoms with Crippen LogP contribution in [0.15, 0.2) is 30.5 Å². The summed E-state index contributed by atoms with van der Waals surface area (Å²) in [7, 11) is 0. The largest absolute Gasteiger partial charge is 0.331 e. The molecule has 28 heavy (non-hydrogen) atoms. The molecule has 0 atom stereocenters. The summed E-state index contributed by atoms with van der Waals surface area (Å²) in [6, 6.07) is 8.10. The van der Waals surface area contributed by atoms with E-state index in [9.17, 15) is 4.79 Å². The number of carbonyl (C=O) groups excluding carboxylic acids is 1. The average molecular weight is 377 g/mol. The van der Waals surface area contributed by atoms with Crippen molar-refractivity contribution in [2.24, 2.45) is 0 Å². The van der Waals surface area contributed by atoms with Gasteiger partial charge < -0.3 is 14.8 Å². The van der Waals surface area contributed by atoms with Gasteiger partial charge in [0.05, 0.1) is 6.54 Å². The second-order valence-corrected chi connectivity index (χ2v) is 7.49. The van der Waals surface area contributed by atoms with Gasteiger partial charge in [0.25, 0.3) is 0 Å². The predicted molar refractivity (Wildman–Crippen MR) is 104 cm³/mol. The Morgan fingerprint density at radius 3 is 2.93 bits per heavy atom. The van der Waals surface area contributed by atoms with Gasteiger partial charge in [0, 0.05) is 49.2 Å². The number of likely N-dealkylation sites (tertiary alicyclic amines) is 1. The molecule has 0 bridgehead atoms. The van der Waals surface area contributed by atoms with E-state index in [2.05, 4.69) is 37.2 Å². The van der Waals surface area contributed by atoms with Crippen molar-refractivity contribution in [2.75, 3.05) is 13.1 Å². The standard InChI is InChI=1S/C20H23N7O/c28-20(22-13-18-25-24-17-4-2-10-27(17)18)26-11-7-14(8-12-26)16-6-5-15-3-1-9-21-19(15)23-16/h1,3,5-6,9,14H,2,4,7-8,10-13H2,(H,22,28). The van der Waals surface area contributed by atoms with E-state index < -0.39 is 0 Å². The summed E-state index contributed by atoms with van der Waals surface area (Å²) in [6.07, 6.45) is 5.69. The van der Waals surface area contributed by atoms with Crippen molar-refractivity contribution in [1.29, 1.82) is 0 Å². The van der Waals surface area contributed by atoms with Crippen molar-refractivity contribution >= 4 is 17.1 Å². The lowest BCUT2D eigenvalue weighted by atomic mass is 9.93. The zero-order chi connectivity index (χ0) is 18.9. The number of urea groups is 1. The summed E-state index contributed by atoms with van der Waals surface area (Å²) < 4.78 is 2.12. The van der Waals surface area contributed by atoms with Crippen LogP contribution < -0.4 is 5.32 Å². The maximum atomic E-state index is 12.5. The first-order valence-corrected chi connectivity index (χ1v) is 9.93. The first kappa shape index (κ1) is 17.1. The molecule has 0 saturated carbocycles. The van der Waals surface area contributed by atoms with Crippen LogP contribution in [-0.4, -0.2) is 48.8 Å². The van der Waals surface area contributed by atoms with Crippen molar-refractivity contribution < 1.29 is 4.79 Å². The maximum absolute atomic E-state index is 12.5. The zero-order valence-corrected chi connectivity index (χ0v) is 15.7. The topological polar surface area (TPSA) is 88.8 Å². The van der Waals surface area contributed by atoms with E-state index in [4.69, 9.17) is 4.98 Å². The molecular weight excluding hydrogens is 354 g/mol. The Kier molecular flexibility index (Phi) is 4.38. The third-order valence-corrected chi connectivity index (χ3v) is 5.77. The Morgan fingerprint density at radius 2 is 2.04 bits per heavy atom. The molecule has 1 N–H and O–H groups in total. The summed E-state index contributed by atoms with van der Waals surface area (Å²) >= 11 is 0. The molecule has 0 unspecified atom stereocenters. The Labute approximate surface area is 163 Å². The lowest BCUT2D eigenvalue weighted by Gasteiger charge is -2.31. The first-order valence-electron chi connectivity index (χ1n) is 9.93. The number of fused-ring (bicyclic) bond motifs is 2. The lowest BCUT2D eigenvalue weighted by molar-refractivity contribution is 0.180. The van der Waals surface area contributed by atoms with Gasteiger partial charge in [-0.1, -0.05) is 0 Å². The fraction of sp³-hybridized carbons (Fsp3) is 0.450. The highest BCUT2D eigenvalue weighted by atomic mass is 16.2. The average Bonchev–Trinajstić information content (AvgIpc) is 3.36. The second kappa shape index (κ2) is 7.18. The first-order chi connectivity index (χ1) is 13.8. The number of nitrogens with one attached hydrogen (secondary N) is 1. The highest BCUT2D eigenvalue weighted by Gasteiger charge is 2.25. The highest BCUT2D eigenvalue weighted by Crippen LogP contribution is 2.27. The van der Waals surface area contributed by atoms with Gasteiger partial charge in [0.2, 0.25) is 0 Å². The monoisotopic (exact) mass is 377 g/mol. The van der Waals surface area contributed by atoms with Crippen LogP contribution in [-0.2, 0) is 19.5 Å². The molecule has 1 saturated heterocycles. The number of amides is 2. The summed E-state index contributed by atoms with van der Waals surface area (Å²) in [4.78, 5) is 23.5. The summed E-state index contributed by atoms with van der Waals surface area (Å²) in [5.74, 6) is 2.25. The smallest absolute Gasteiger partial charge is 0.317 e. The molecule has 5 heterocycles. The van der Waals surface area contributed by atoms with Crippen molar-refractivity contribution in [2.45, 2.75) is 44.7 Å². The van der Waals surface area contributed by atoms with E-state index in [1.54, 1.807) is 6.20 Å². The third-order valence-electron chi connectivity index (χ3n) is 5.77. The van der Waals surface area contributed by atoms with Gasteiger partial charge in [-0.15, -0.1) is 10.2 Å². The summed E-state index contributed by atoms with van der Waals surface area (Å²) in [5.41, 5.74) is 1.87. The van der Waals surface area contributed by atoms with Crippen LogP contribution in [0, 0.1) is 0 Å². The molecule has 0 spiro atoms. The number of hydrogen-bond donors (Lipinski definition) is 1. The van der Waals surface area contributed by atoms with Crippen LogP contribution in [0.25, 0.3) is 11.0 Å². The number of pyridine rings is 2. The lowest BCUT2D eigenvalue weighted by Crippen LogP contribution is -2.44. The summed E-state index contributed by atoms with van der Waals surface area (Å²) in [6.45, 7) is 2.85. The number of rotatable bonds is 3. The molecule has 8 nitrogen and oxygen atoms in total. The van der Waals surface area contributed by atoms with Crippen molar-refractivity contribution in [3.8, 4) is 0 Å². The molecule has 3 aromatic rings. The van der Waals surface area contributed by atoms with Crippen molar-refractivity contribution in [3.63, 3.8) is 0 Å². The van der Waals surface area contributed by atoms with E-state index >= 15 is 0 Å². The quantitative estimate of drug-likeness (QED) is 0.756. The Hall–Kier alpha value is -3.03. The fourth-order valence-electron chi connectivity index (χ4n) is 4.18. The fourth-order valence-corrected chi connectivity index (χ4v) is 4.18. The molecule has 144 valence electrons. The van der Waals surface area contributed by atoms with Crippen LogP contribution in [0.5, 0.6) is 0 Å². The van der Waals surface area contributed by atoms with Crippen LogP contribution in [0.3, 0.4) is 0 Å². The van der Waals surface area contributed by atoms with Gasteiger partial charge in [0.1, 0.15) is 5.82 Å². The number of aryl methyl sites for hydroxylation is 1. The molecule has 1 fully saturated rings. The van der Waals surface area contributed by atoms with Crippen LogP contribution in [0.4, 0.5) is 4.79 Å². The van der Waals surface area contributed by atoms with Gasteiger partial charge in [-0.25, -0.2) is 14.8 Å². The minimum Gasteiger partial charge on any atom is -0.331 e. The van der Waals surface area contributed by atoms with Crippen molar-refractivity contribution in [1.82, 2.24) is 34.9 Å². The molecule has 2 aliphatic rings. The highest BCUT2D eigenvalue weighted by molar-refractivity contribution is 5.75. The second-order valence-electron chi connectivity index (χ2n) is 7.49. The molecule has 0 aromatic carbocycles.